The molecule has 0 spiro atoms. The number of amides is 2. The second-order valence-corrected chi connectivity index (χ2v) is 9.61. The second kappa shape index (κ2) is 10.2. The summed E-state index contributed by atoms with van der Waals surface area (Å²) in [5.74, 6) is -0.240. The maximum Gasteiger partial charge on any atom is 0.280 e. The number of rotatable bonds is 8. The van der Waals surface area contributed by atoms with Gasteiger partial charge in [0.1, 0.15) is 5.00 Å². The predicted molar refractivity (Wildman–Crippen MR) is 129 cm³/mol. The molecule has 0 radical (unpaired) electrons. The smallest absolute Gasteiger partial charge is 0.280 e. The third-order valence-corrected chi connectivity index (χ3v) is 7.05. The van der Waals surface area contributed by atoms with Crippen LogP contribution in [-0.2, 0) is 24.1 Å². The molecule has 4 N–H and O–H groups in total. The first-order valence-electron chi connectivity index (χ1n) is 10.5. The van der Waals surface area contributed by atoms with Gasteiger partial charge in [-0.3, -0.25) is 9.59 Å². The highest BCUT2D eigenvalue weighted by molar-refractivity contribution is 9.10. The lowest BCUT2D eigenvalue weighted by Gasteiger charge is -2.09. The van der Waals surface area contributed by atoms with Gasteiger partial charge in [-0.2, -0.15) is 0 Å². The fraction of sp³-hybridized carbons (Fsp3) is 0.250. The summed E-state index contributed by atoms with van der Waals surface area (Å²) in [5, 5.41) is 8.64. The Kier molecular flexibility index (Phi) is 7.17. The lowest BCUT2D eigenvalue weighted by molar-refractivity contribution is -0.643. The number of nitrogens with two attached hydrogens (primary N) is 1. The third kappa shape index (κ3) is 5.61. The van der Waals surface area contributed by atoms with Gasteiger partial charge in [0.2, 0.25) is 0 Å². The van der Waals surface area contributed by atoms with E-state index >= 15 is 0 Å². The van der Waals surface area contributed by atoms with Crippen LogP contribution in [0.1, 0.15) is 32.8 Å². The van der Waals surface area contributed by atoms with Crippen LogP contribution in [0, 0.1) is 0 Å². The summed E-state index contributed by atoms with van der Waals surface area (Å²) in [5.41, 5.74) is 3.71. The molecule has 0 saturated carbocycles. The number of fused-ring (bicyclic) bond motifs is 1. The van der Waals surface area contributed by atoms with Gasteiger partial charge in [0, 0.05) is 21.5 Å². The summed E-state index contributed by atoms with van der Waals surface area (Å²) in [7, 11) is 0. The highest BCUT2D eigenvalue weighted by Gasteiger charge is 2.27. The molecule has 5 nitrogen and oxygen atoms in total. The minimum atomic E-state index is -0.162. The van der Waals surface area contributed by atoms with Gasteiger partial charge in [-0.15, -0.1) is 11.3 Å². The number of hydrogen-bond donors (Lipinski definition) is 3. The molecule has 3 aromatic rings. The zero-order chi connectivity index (χ0) is 21.6. The van der Waals surface area contributed by atoms with Gasteiger partial charge < -0.3 is 16.0 Å². The van der Waals surface area contributed by atoms with E-state index in [-0.39, 0.29) is 11.8 Å². The lowest BCUT2D eigenvalue weighted by atomic mass is 10.1. The van der Waals surface area contributed by atoms with Crippen LogP contribution < -0.4 is 16.0 Å². The summed E-state index contributed by atoms with van der Waals surface area (Å²) < 4.78 is 0.957. The molecular formula is C24H25BrN3O2S+. The number of nitrogens with one attached hydrogen (secondary N) is 2. The van der Waals surface area contributed by atoms with Crippen molar-refractivity contribution in [2.24, 2.45) is 0 Å². The van der Waals surface area contributed by atoms with Crippen molar-refractivity contribution in [2.75, 3.05) is 23.7 Å². The summed E-state index contributed by atoms with van der Waals surface area (Å²) in [6, 6.07) is 17.7. The normalized spacial score (nSPS) is 12.4. The first-order valence-corrected chi connectivity index (χ1v) is 12.1. The van der Waals surface area contributed by atoms with Crippen molar-refractivity contribution in [2.45, 2.75) is 25.7 Å². The molecule has 160 valence electrons. The summed E-state index contributed by atoms with van der Waals surface area (Å²) >= 11 is 4.95. The molecule has 0 aliphatic heterocycles. The number of anilines is 2. The molecule has 1 aromatic heterocycles. The maximum atomic E-state index is 13.1. The molecule has 4 rings (SSSR count). The van der Waals surface area contributed by atoms with Crippen molar-refractivity contribution in [3.63, 3.8) is 0 Å². The minimum absolute atomic E-state index is 0.0781. The van der Waals surface area contributed by atoms with Gasteiger partial charge in [0.05, 0.1) is 12.1 Å². The van der Waals surface area contributed by atoms with Crippen molar-refractivity contribution < 1.29 is 14.9 Å². The largest absolute Gasteiger partial charge is 0.338 e. The van der Waals surface area contributed by atoms with E-state index in [9.17, 15) is 9.59 Å². The molecule has 31 heavy (non-hydrogen) atoms. The van der Waals surface area contributed by atoms with E-state index in [2.05, 4.69) is 38.7 Å². The van der Waals surface area contributed by atoms with E-state index < -0.39 is 0 Å². The standard InChI is InChI=1S/C24H24BrN3O2S/c25-17-9-11-18(12-10-17)27-23(30)22-19-7-4-8-20(19)31-24(22)28-21(29)15-26-14-13-16-5-2-1-3-6-16/h1-3,5-6,9-12,26H,4,7-8,13-15H2,(H,27,30)(H,28,29)/p+1. The number of halogens is 1. The molecule has 1 heterocycles. The van der Waals surface area contributed by atoms with Crippen LogP contribution in [-0.4, -0.2) is 24.9 Å². The van der Waals surface area contributed by atoms with E-state index in [0.717, 1.165) is 48.0 Å². The molecule has 0 bridgehead atoms. The minimum Gasteiger partial charge on any atom is -0.338 e. The van der Waals surface area contributed by atoms with Crippen LogP contribution in [0.4, 0.5) is 10.7 Å². The first-order chi connectivity index (χ1) is 15.1. The molecule has 2 aromatic carbocycles. The quantitative estimate of drug-likeness (QED) is 0.410. The number of carbonyl (C=O) groups excluding carboxylic acids is 2. The Balaban J connectivity index is 1.38. The maximum absolute atomic E-state index is 13.1. The van der Waals surface area contributed by atoms with Crippen molar-refractivity contribution in [3.8, 4) is 0 Å². The van der Waals surface area contributed by atoms with Crippen molar-refractivity contribution in [3.05, 3.63) is 80.6 Å². The SMILES string of the molecule is O=C(C[NH2+]CCc1ccccc1)Nc1sc2c(c1C(=O)Nc1ccc(Br)cc1)CCC2. The summed E-state index contributed by atoms with van der Waals surface area (Å²) in [4.78, 5) is 26.8. The summed E-state index contributed by atoms with van der Waals surface area (Å²) in [6.45, 7) is 1.18. The number of thiophene rings is 1. The van der Waals surface area contributed by atoms with Crippen molar-refractivity contribution in [1.82, 2.24) is 0 Å². The Bertz CT molecular complexity index is 1060. The van der Waals surface area contributed by atoms with E-state index in [4.69, 9.17) is 0 Å². The monoisotopic (exact) mass is 498 g/mol. The van der Waals surface area contributed by atoms with E-state index in [1.165, 1.54) is 10.4 Å². The molecule has 2 amide bonds. The van der Waals surface area contributed by atoms with Gasteiger partial charge in [-0.1, -0.05) is 46.3 Å². The van der Waals surface area contributed by atoms with Crippen LogP contribution >= 0.6 is 27.3 Å². The zero-order valence-corrected chi connectivity index (χ0v) is 19.5. The predicted octanol–water partition coefficient (Wildman–Crippen LogP) is 4.00. The molecule has 1 aliphatic rings. The Morgan fingerprint density at radius 1 is 1.00 bits per heavy atom. The topological polar surface area (TPSA) is 74.8 Å². The van der Waals surface area contributed by atoms with Gasteiger partial charge in [-0.25, -0.2) is 0 Å². The van der Waals surface area contributed by atoms with Crippen LogP contribution in [0.15, 0.2) is 59.1 Å². The molecule has 0 unspecified atom stereocenters. The summed E-state index contributed by atoms with van der Waals surface area (Å²) in [6.07, 6.45) is 3.83. The fourth-order valence-corrected chi connectivity index (χ4v) is 5.35. The lowest BCUT2D eigenvalue weighted by Crippen LogP contribution is -2.86. The van der Waals surface area contributed by atoms with Crippen LogP contribution in [0.2, 0.25) is 0 Å². The van der Waals surface area contributed by atoms with Gasteiger partial charge in [-0.05, 0) is 54.7 Å². The van der Waals surface area contributed by atoms with Gasteiger partial charge in [0.25, 0.3) is 11.8 Å². The Labute approximate surface area is 194 Å². The van der Waals surface area contributed by atoms with Gasteiger partial charge in [0.15, 0.2) is 6.54 Å². The average Bonchev–Trinajstić information content (AvgIpc) is 3.34. The Hall–Kier alpha value is -2.48. The average molecular weight is 499 g/mol. The van der Waals surface area contributed by atoms with Gasteiger partial charge >= 0.3 is 0 Å². The number of quaternary nitrogens is 1. The van der Waals surface area contributed by atoms with E-state index in [1.807, 2.05) is 47.8 Å². The number of hydrogen-bond acceptors (Lipinski definition) is 3. The van der Waals surface area contributed by atoms with Crippen LogP contribution in [0.25, 0.3) is 0 Å². The van der Waals surface area contributed by atoms with Crippen molar-refractivity contribution >= 4 is 49.8 Å². The molecule has 0 atom stereocenters. The molecule has 0 fully saturated rings. The number of carbonyl (C=O) groups is 2. The molecule has 0 saturated heterocycles. The molecule has 1 aliphatic carbocycles. The molecular weight excluding hydrogens is 474 g/mol. The highest BCUT2D eigenvalue weighted by Crippen LogP contribution is 2.39. The van der Waals surface area contributed by atoms with Crippen LogP contribution in [0.3, 0.4) is 0 Å². The Morgan fingerprint density at radius 3 is 2.55 bits per heavy atom. The van der Waals surface area contributed by atoms with Crippen molar-refractivity contribution in [1.29, 1.82) is 0 Å². The van der Waals surface area contributed by atoms with E-state index in [1.54, 1.807) is 11.3 Å². The number of aryl methyl sites for hydroxylation is 1. The zero-order valence-electron chi connectivity index (χ0n) is 17.1. The second-order valence-electron chi connectivity index (χ2n) is 7.59. The van der Waals surface area contributed by atoms with Crippen LogP contribution in [0.5, 0.6) is 0 Å². The first kappa shape index (κ1) is 21.7. The molecule has 7 heteroatoms. The Morgan fingerprint density at radius 2 is 1.77 bits per heavy atom. The number of benzene rings is 2. The highest BCUT2D eigenvalue weighted by atomic mass is 79.9. The fourth-order valence-electron chi connectivity index (χ4n) is 3.78. The third-order valence-electron chi connectivity index (χ3n) is 5.31. The van der Waals surface area contributed by atoms with E-state index in [0.29, 0.717) is 17.1 Å².